The molecule has 4 aromatic carbocycles. The van der Waals surface area contributed by atoms with E-state index in [1.165, 1.54) is 7.11 Å². The molecule has 0 radical (unpaired) electrons. The molecule has 0 amide bonds. The minimum absolute atomic E-state index is 0.384. The van der Waals surface area contributed by atoms with E-state index < -0.39 is 12.1 Å². The summed E-state index contributed by atoms with van der Waals surface area (Å²) in [5, 5.41) is 0. The molecule has 0 unspecified atom stereocenters. The number of esters is 1. The third kappa shape index (κ3) is 7.56. The highest BCUT2D eigenvalue weighted by Gasteiger charge is 2.15. The van der Waals surface area contributed by atoms with E-state index in [9.17, 15) is 9.59 Å². The van der Waals surface area contributed by atoms with Gasteiger partial charge in [0.15, 0.2) is 0 Å². The molecule has 0 aromatic heterocycles. The highest BCUT2D eigenvalue weighted by Crippen LogP contribution is 2.26. The summed E-state index contributed by atoms with van der Waals surface area (Å²) >= 11 is 0. The maximum Gasteiger partial charge on any atom is 0.513 e. The van der Waals surface area contributed by atoms with Crippen molar-refractivity contribution < 1.29 is 28.5 Å². The van der Waals surface area contributed by atoms with E-state index in [2.05, 4.69) is 4.74 Å². The predicted molar refractivity (Wildman–Crippen MR) is 124 cm³/mol. The van der Waals surface area contributed by atoms with Crippen molar-refractivity contribution in [3.63, 3.8) is 0 Å². The fourth-order valence-corrected chi connectivity index (χ4v) is 2.62. The molecular weight excluding hydrogens is 420 g/mol. The van der Waals surface area contributed by atoms with E-state index in [-0.39, 0.29) is 0 Å². The van der Waals surface area contributed by atoms with Gasteiger partial charge in [-0.3, -0.25) is 0 Å². The van der Waals surface area contributed by atoms with E-state index in [1.54, 1.807) is 54.6 Å². The van der Waals surface area contributed by atoms with E-state index in [4.69, 9.17) is 14.2 Å². The van der Waals surface area contributed by atoms with Crippen LogP contribution in [0.15, 0.2) is 115 Å². The lowest BCUT2D eigenvalue weighted by atomic mass is 10.2. The van der Waals surface area contributed by atoms with Gasteiger partial charge < -0.3 is 18.9 Å². The van der Waals surface area contributed by atoms with E-state index in [1.807, 2.05) is 60.7 Å². The minimum atomic E-state index is -0.698. The first-order valence-corrected chi connectivity index (χ1v) is 10.1. The number of carbonyl (C=O) groups is 2. The van der Waals surface area contributed by atoms with E-state index in [0.29, 0.717) is 28.6 Å². The molecule has 0 spiro atoms. The molecule has 0 aliphatic heterocycles. The number of carbonyl (C=O) groups excluding carboxylic acids is 2. The van der Waals surface area contributed by atoms with Crippen LogP contribution in [-0.2, 0) is 4.74 Å². The predicted octanol–water partition coefficient (Wildman–Crippen LogP) is 6.53. The Morgan fingerprint density at radius 1 is 0.545 bits per heavy atom. The van der Waals surface area contributed by atoms with Gasteiger partial charge in [0.25, 0.3) is 0 Å². The summed E-state index contributed by atoms with van der Waals surface area (Å²) in [7, 11) is 1.27. The van der Waals surface area contributed by atoms with Crippen molar-refractivity contribution in [1.29, 1.82) is 0 Å². The van der Waals surface area contributed by atoms with Gasteiger partial charge in [-0.05, 0) is 48.5 Å². The van der Waals surface area contributed by atoms with E-state index >= 15 is 0 Å². The van der Waals surface area contributed by atoms with Gasteiger partial charge in [0.2, 0.25) is 0 Å². The summed E-state index contributed by atoms with van der Waals surface area (Å²) in [4.78, 5) is 22.9. The molecular formula is C27H22O6. The molecule has 0 saturated heterocycles. The summed E-state index contributed by atoms with van der Waals surface area (Å²) in [5.74, 6) is 1.68. The molecule has 0 saturated carbocycles. The van der Waals surface area contributed by atoms with Crippen LogP contribution in [0.2, 0.25) is 0 Å². The standard InChI is InChI=1S/C19H14O3.C8H8O3/c20-19(22-16-11-5-2-6-12-16)17-13-7-8-14-18(17)21-15-9-3-1-4-10-15;1-10-8(9)11-7-5-3-2-4-6-7/h1-14H;2-6H,1H3. The number of benzene rings is 4. The Hall–Kier alpha value is -4.58. The van der Waals surface area contributed by atoms with Crippen LogP contribution in [0.25, 0.3) is 0 Å². The summed E-state index contributed by atoms with van der Waals surface area (Å²) < 4.78 is 20.1. The smallest absolute Gasteiger partial charge is 0.456 e. The lowest BCUT2D eigenvalue weighted by Gasteiger charge is -2.10. The molecule has 166 valence electrons. The monoisotopic (exact) mass is 442 g/mol. The first-order valence-electron chi connectivity index (χ1n) is 10.1. The molecule has 4 aromatic rings. The molecule has 0 aliphatic rings. The second-order valence-electron chi connectivity index (χ2n) is 6.48. The summed E-state index contributed by atoms with van der Waals surface area (Å²) in [6.45, 7) is 0. The van der Waals surface area contributed by atoms with Gasteiger partial charge in [0, 0.05) is 0 Å². The van der Waals surface area contributed by atoms with Crippen LogP contribution in [0.3, 0.4) is 0 Å². The number of hydrogen-bond acceptors (Lipinski definition) is 6. The van der Waals surface area contributed by atoms with Gasteiger partial charge in [0.1, 0.15) is 28.6 Å². The quantitative estimate of drug-likeness (QED) is 0.199. The highest BCUT2D eigenvalue weighted by atomic mass is 16.7. The lowest BCUT2D eigenvalue weighted by Crippen LogP contribution is -2.09. The fraction of sp³-hybridized carbons (Fsp3) is 0.0370. The second-order valence-corrected chi connectivity index (χ2v) is 6.48. The van der Waals surface area contributed by atoms with Gasteiger partial charge in [0.05, 0.1) is 7.11 Å². The van der Waals surface area contributed by atoms with Gasteiger partial charge >= 0.3 is 12.1 Å². The van der Waals surface area contributed by atoms with Crippen molar-refractivity contribution in [1.82, 2.24) is 0 Å². The number of rotatable bonds is 5. The first-order chi connectivity index (χ1) is 16.2. The molecule has 6 nitrogen and oxygen atoms in total. The van der Waals surface area contributed by atoms with Crippen molar-refractivity contribution >= 4 is 12.1 Å². The largest absolute Gasteiger partial charge is 0.513 e. The van der Waals surface area contributed by atoms with Crippen LogP contribution < -0.4 is 14.2 Å². The average Bonchev–Trinajstić information content (AvgIpc) is 2.86. The van der Waals surface area contributed by atoms with Crippen LogP contribution in [0.5, 0.6) is 23.0 Å². The normalized spacial score (nSPS) is 9.61. The van der Waals surface area contributed by atoms with Gasteiger partial charge in [-0.25, -0.2) is 9.59 Å². The van der Waals surface area contributed by atoms with Crippen LogP contribution in [0.4, 0.5) is 4.79 Å². The second kappa shape index (κ2) is 12.3. The van der Waals surface area contributed by atoms with Crippen LogP contribution in [0, 0.1) is 0 Å². The van der Waals surface area contributed by atoms with Crippen molar-refractivity contribution in [3.05, 3.63) is 121 Å². The minimum Gasteiger partial charge on any atom is -0.456 e. The van der Waals surface area contributed by atoms with Crippen molar-refractivity contribution in [3.8, 4) is 23.0 Å². The zero-order valence-electron chi connectivity index (χ0n) is 17.9. The van der Waals surface area contributed by atoms with Crippen LogP contribution in [0.1, 0.15) is 10.4 Å². The van der Waals surface area contributed by atoms with Gasteiger partial charge in [-0.15, -0.1) is 0 Å². The average molecular weight is 442 g/mol. The van der Waals surface area contributed by atoms with Crippen LogP contribution >= 0.6 is 0 Å². The van der Waals surface area contributed by atoms with Crippen molar-refractivity contribution in [2.24, 2.45) is 0 Å². The first kappa shape index (κ1) is 23.1. The zero-order chi connectivity index (χ0) is 23.3. The Labute approximate surface area is 191 Å². The number of para-hydroxylation sites is 4. The molecule has 0 atom stereocenters. The van der Waals surface area contributed by atoms with Crippen molar-refractivity contribution in [2.45, 2.75) is 0 Å². The topological polar surface area (TPSA) is 71.1 Å². The zero-order valence-corrected chi connectivity index (χ0v) is 17.9. The lowest BCUT2D eigenvalue weighted by molar-refractivity contribution is 0.0732. The molecule has 0 fully saturated rings. The Morgan fingerprint density at radius 3 is 1.55 bits per heavy atom. The molecule has 0 aliphatic carbocycles. The molecule has 0 N–H and O–H groups in total. The molecule has 0 heterocycles. The fourth-order valence-electron chi connectivity index (χ4n) is 2.62. The van der Waals surface area contributed by atoms with Gasteiger partial charge in [-0.2, -0.15) is 0 Å². The van der Waals surface area contributed by atoms with Gasteiger partial charge in [-0.1, -0.05) is 66.7 Å². The number of hydrogen-bond donors (Lipinski definition) is 0. The third-order valence-corrected chi connectivity index (χ3v) is 4.14. The maximum absolute atomic E-state index is 12.3. The molecule has 4 rings (SSSR count). The Kier molecular flexibility index (Phi) is 8.62. The summed E-state index contributed by atoms with van der Waals surface area (Å²) in [6.07, 6.45) is -0.698. The third-order valence-electron chi connectivity index (χ3n) is 4.14. The summed E-state index contributed by atoms with van der Waals surface area (Å²) in [5.41, 5.74) is 0.384. The van der Waals surface area contributed by atoms with Crippen molar-refractivity contribution in [2.75, 3.05) is 7.11 Å². The molecule has 6 heteroatoms. The highest BCUT2D eigenvalue weighted by molar-refractivity contribution is 5.94. The molecule has 0 bridgehead atoms. The summed E-state index contributed by atoms with van der Waals surface area (Å²) in [6, 6.07) is 34.1. The SMILES string of the molecule is COC(=O)Oc1ccccc1.O=C(Oc1ccccc1)c1ccccc1Oc1ccccc1. The maximum atomic E-state index is 12.3. The Morgan fingerprint density at radius 2 is 1.00 bits per heavy atom. The van der Waals surface area contributed by atoms with Crippen LogP contribution in [-0.4, -0.2) is 19.2 Å². The number of ether oxygens (including phenoxy) is 4. The molecule has 33 heavy (non-hydrogen) atoms. The number of methoxy groups -OCH3 is 1. The van der Waals surface area contributed by atoms with E-state index in [0.717, 1.165) is 0 Å². The Balaban J connectivity index is 0.000000235. The Bertz CT molecular complexity index is 1140.